The van der Waals surface area contributed by atoms with E-state index in [9.17, 15) is 9.50 Å². The molecule has 3 nitrogen and oxygen atoms in total. The number of aliphatic hydroxyl groups is 1. The molecule has 1 aliphatic rings. The second-order valence-electron chi connectivity index (χ2n) is 4.67. The number of nitriles is 1. The first-order valence-electron chi connectivity index (χ1n) is 5.73. The van der Waals surface area contributed by atoms with E-state index in [0.717, 1.165) is 0 Å². The van der Waals surface area contributed by atoms with Crippen molar-refractivity contribution in [3.05, 3.63) is 35.1 Å². The highest BCUT2D eigenvalue weighted by Crippen LogP contribution is 2.38. The van der Waals surface area contributed by atoms with Crippen LogP contribution in [-0.4, -0.2) is 11.1 Å². The van der Waals surface area contributed by atoms with E-state index in [-0.39, 0.29) is 6.04 Å². The molecule has 3 N–H and O–H groups in total. The van der Waals surface area contributed by atoms with E-state index in [4.69, 9.17) is 11.0 Å². The highest BCUT2D eigenvalue weighted by Gasteiger charge is 2.35. The second kappa shape index (κ2) is 4.44. The Balaban J connectivity index is 2.39. The molecule has 1 saturated carbocycles. The van der Waals surface area contributed by atoms with E-state index in [1.54, 1.807) is 0 Å². The molecule has 0 unspecified atom stereocenters. The molecule has 0 bridgehead atoms. The fourth-order valence-electron chi connectivity index (χ4n) is 2.39. The number of rotatable bonds is 1. The summed E-state index contributed by atoms with van der Waals surface area (Å²) in [6.07, 6.45) is 2.34. The average Bonchev–Trinajstić information content (AvgIpc) is 2.33. The second-order valence-corrected chi connectivity index (χ2v) is 4.67. The molecular weight excluding hydrogens is 219 g/mol. The molecule has 0 heterocycles. The topological polar surface area (TPSA) is 70.0 Å². The van der Waals surface area contributed by atoms with Crippen molar-refractivity contribution in [2.75, 3.05) is 0 Å². The Morgan fingerprint density at radius 3 is 2.65 bits per heavy atom. The maximum atomic E-state index is 13.2. The van der Waals surface area contributed by atoms with Gasteiger partial charge in [0.15, 0.2) is 0 Å². The summed E-state index contributed by atoms with van der Waals surface area (Å²) in [5.41, 5.74) is 5.41. The van der Waals surface area contributed by atoms with Gasteiger partial charge in [-0.25, -0.2) is 4.39 Å². The normalized spacial score (nSPS) is 28.7. The van der Waals surface area contributed by atoms with Gasteiger partial charge in [0.25, 0.3) is 0 Å². The molecule has 2 rings (SSSR count). The van der Waals surface area contributed by atoms with Crippen LogP contribution in [0.3, 0.4) is 0 Å². The standard InChI is InChI=1S/C13H15FN2O/c14-10-2-1-9(8-15)12(7-10)13(17)5-3-11(16)4-6-13/h1-2,7,11,17H,3-6,16H2. The van der Waals surface area contributed by atoms with Gasteiger partial charge in [-0.05, 0) is 43.9 Å². The number of benzene rings is 1. The van der Waals surface area contributed by atoms with Gasteiger partial charge in [0.05, 0.1) is 17.2 Å². The van der Waals surface area contributed by atoms with Crippen LogP contribution in [0, 0.1) is 17.1 Å². The van der Waals surface area contributed by atoms with Gasteiger partial charge >= 0.3 is 0 Å². The molecule has 0 spiro atoms. The average molecular weight is 234 g/mol. The Bertz CT molecular complexity index is 459. The SMILES string of the molecule is N#Cc1ccc(F)cc1C1(O)CCC(N)CC1. The molecule has 90 valence electrons. The lowest BCUT2D eigenvalue weighted by atomic mass is 9.76. The summed E-state index contributed by atoms with van der Waals surface area (Å²) in [6, 6.07) is 6.00. The first-order chi connectivity index (χ1) is 8.05. The van der Waals surface area contributed by atoms with Crippen molar-refractivity contribution < 1.29 is 9.50 Å². The molecule has 4 heteroatoms. The van der Waals surface area contributed by atoms with E-state index in [1.807, 2.05) is 6.07 Å². The number of hydrogen-bond donors (Lipinski definition) is 2. The molecule has 1 aromatic rings. The van der Waals surface area contributed by atoms with Crippen molar-refractivity contribution in [2.24, 2.45) is 5.73 Å². The molecule has 1 aliphatic carbocycles. The van der Waals surface area contributed by atoms with E-state index >= 15 is 0 Å². The quantitative estimate of drug-likeness (QED) is 0.778. The van der Waals surface area contributed by atoms with Gasteiger partial charge in [-0.3, -0.25) is 0 Å². The smallest absolute Gasteiger partial charge is 0.123 e. The van der Waals surface area contributed by atoms with Crippen LogP contribution < -0.4 is 5.73 Å². The monoisotopic (exact) mass is 234 g/mol. The largest absolute Gasteiger partial charge is 0.385 e. The van der Waals surface area contributed by atoms with Crippen LogP contribution in [0.2, 0.25) is 0 Å². The Labute approximate surface area is 99.7 Å². The molecule has 17 heavy (non-hydrogen) atoms. The van der Waals surface area contributed by atoms with Gasteiger partial charge in [0.1, 0.15) is 5.82 Å². The van der Waals surface area contributed by atoms with Crippen molar-refractivity contribution in [3.8, 4) is 6.07 Å². The van der Waals surface area contributed by atoms with Gasteiger partial charge in [-0.15, -0.1) is 0 Å². The summed E-state index contributed by atoms with van der Waals surface area (Å²) in [5, 5.41) is 19.5. The fraction of sp³-hybridized carbons (Fsp3) is 0.462. The minimum atomic E-state index is -1.11. The van der Waals surface area contributed by atoms with Crippen LogP contribution in [0.4, 0.5) is 4.39 Å². The summed E-state index contributed by atoms with van der Waals surface area (Å²) < 4.78 is 13.2. The summed E-state index contributed by atoms with van der Waals surface area (Å²) in [4.78, 5) is 0. The Morgan fingerprint density at radius 2 is 2.06 bits per heavy atom. The van der Waals surface area contributed by atoms with E-state index in [2.05, 4.69) is 0 Å². The van der Waals surface area contributed by atoms with E-state index < -0.39 is 11.4 Å². The van der Waals surface area contributed by atoms with Crippen LogP contribution in [-0.2, 0) is 5.60 Å². The first kappa shape index (κ1) is 12.0. The van der Waals surface area contributed by atoms with Crippen LogP contribution in [0.1, 0.15) is 36.8 Å². The highest BCUT2D eigenvalue weighted by atomic mass is 19.1. The Morgan fingerprint density at radius 1 is 1.41 bits per heavy atom. The van der Waals surface area contributed by atoms with Gasteiger partial charge in [-0.1, -0.05) is 0 Å². The van der Waals surface area contributed by atoms with Gasteiger partial charge in [0, 0.05) is 11.6 Å². The number of hydrogen-bond acceptors (Lipinski definition) is 3. The van der Waals surface area contributed by atoms with E-state index in [1.165, 1.54) is 18.2 Å². The molecule has 0 radical (unpaired) electrons. The zero-order valence-corrected chi connectivity index (χ0v) is 9.49. The molecule has 1 aromatic carbocycles. The van der Waals surface area contributed by atoms with Gasteiger partial charge < -0.3 is 10.8 Å². The van der Waals surface area contributed by atoms with Crippen LogP contribution in [0.5, 0.6) is 0 Å². The minimum absolute atomic E-state index is 0.0920. The molecule has 0 aliphatic heterocycles. The zero-order chi connectivity index (χ0) is 12.5. The maximum absolute atomic E-state index is 13.2. The predicted molar refractivity (Wildman–Crippen MR) is 61.5 cm³/mol. The summed E-state index contributed by atoms with van der Waals surface area (Å²) in [7, 11) is 0. The lowest BCUT2D eigenvalue weighted by Crippen LogP contribution is -2.37. The third-order valence-corrected chi connectivity index (χ3v) is 3.46. The fourth-order valence-corrected chi connectivity index (χ4v) is 2.39. The highest BCUT2D eigenvalue weighted by molar-refractivity contribution is 5.41. The van der Waals surface area contributed by atoms with Crippen molar-refractivity contribution in [2.45, 2.75) is 37.3 Å². The summed E-state index contributed by atoms with van der Waals surface area (Å²) in [5.74, 6) is -0.428. The maximum Gasteiger partial charge on any atom is 0.123 e. The summed E-state index contributed by atoms with van der Waals surface area (Å²) >= 11 is 0. The predicted octanol–water partition coefficient (Wildman–Crippen LogP) is 1.79. The lowest BCUT2D eigenvalue weighted by molar-refractivity contribution is -0.00544. The number of halogens is 1. The first-order valence-corrected chi connectivity index (χ1v) is 5.73. The van der Waals surface area contributed by atoms with Crippen LogP contribution >= 0.6 is 0 Å². The third-order valence-electron chi connectivity index (χ3n) is 3.46. The lowest BCUT2D eigenvalue weighted by Gasteiger charge is -2.35. The van der Waals surface area contributed by atoms with Crippen molar-refractivity contribution >= 4 is 0 Å². The van der Waals surface area contributed by atoms with Crippen molar-refractivity contribution in [1.29, 1.82) is 5.26 Å². The molecular formula is C13H15FN2O. The molecule has 0 saturated heterocycles. The summed E-state index contributed by atoms with van der Waals surface area (Å²) in [6.45, 7) is 0. The van der Waals surface area contributed by atoms with Gasteiger partial charge in [-0.2, -0.15) is 5.26 Å². The molecule has 1 fully saturated rings. The minimum Gasteiger partial charge on any atom is -0.385 e. The third kappa shape index (κ3) is 2.31. The van der Waals surface area contributed by atoms with Crippen molar-refractivity contribution in [3.63, 3.8) is 0 Å². The van der Waals surface area contributed by atoms with Crippen LogP contribution in [0.25, 0.3) is 0 Å². The number of nitrogens with two attached hydrogens (primary N) is 1. The van der Waals surface area contributed by atoms with Crippen LogP contribution in [0.15, 0.2) is 18.2 Å². The van der Waals surface area contributed by atoms with Crippen molar-refractivity contribution in [1.82, 2.24) is 0 Å². The Kier molecular flexibility index (Phi) is 3.14. The molecule has 0 atom stereocenters. The number of nitrogens with zero attached hydrogens (tertiary/aromatic N) is 1. The molecule has 0 amide bonds. The Hall–Kier alpha value is -1.44. The molecule has 0 aromatic heterocycles. The van der Waals surface area contributed by atoms with E-state index in [0.29, 0.717) is 36.8 Å². The zero-order valence-electron chi connectivity index (χ0n) is 9.49. The van der Waals surface area contributed by atoms with Gasteiger partial charge in [0.2, 0.25) is 0 Å².